The van der Waals surface area contributed by atoms with E-state index in [0.29, 0.717) is 55.7 Å². The summed E-state index contributed by atoms with van der Waals surface area (Å²) in [4.78, 5) is 18.8. The summed E-state index contributed by atoms with van der Waals surface area (Å²) in [6.45, 7) is 8.64. The summed E-state index contributed by atoms with van der Waals surface area (Å²) in [5.41, 5.74) is 1.96. The number of carboxylic acid groups (broad SMARTS) is 1. The molecule has 0 unspecified atom stereocenters. The van der Waals surface area contributed by atoms with Crippen molar-refractivity contribution in [3.63, 3.8) is 0 Å². The second kappa shape index (κ2) is 8.99. The largest absolute Gasteiger partial charge is 0.481 e. The Morgan fingerprint density at radius 1 is 1.26 bits per heavy atom. The van der Waals surface area contributed by atoms with Gasteiger partial charge >= 0.3 is 12.1 Å². The number of aliphatic carboxylic acids is 1. The quantitative estimate of drug-likeness (QED) is 0.602. The van der Waals surface area contributed by atoms with Crippen molar-refractivity contribution < 1.29 is 23.1 Å². The van der Waals surface area contributed by atoms with Crippen LogP contribution >= 0.6 is 0 Å². The predicted molar refractivity (Wildman–Crippen MR) is 124 cm³/mol. The third kappa shape index (κ3) is 4.45. The summed E-state index contributed by atoms with van der Waals surface area (Å²) in [6.07, 6.45) is -2.27. The standard InChI is InChI=1S/C25H32F3N5O2/c1-14(2)19-15(3)30-21-18(12-29)20(16-6-8-17(9-7-16)25(26,27)28)31-33(21)22(19)32-11-5-10-24(4,13-32)23(34)35/h14,16-17H,5-11,13H2,1-4H3,(H,34,35)/t16?,17?,24-/m1/s1. The molecule has 0 radical (unpaired) electrons. The SMILES string of the molecule is Cc1nc2c(C#N)c(C3CCC(C(F)(F)F)CC3)nn2c(N2CCC[C@@](C)(C(=O)O)C2)c1C(C)C. The molecule has 1 atom stereocenters. The third-order valence-corrected chi connectivity index (χ3v) is 7.77. The van der Waals surface area contributed by atoms with Crippen molar-refractivity contribution in [1.29, 1.82) is 5.26 Å². The Balaban J connectivity index is 1.84. The highest BCUT2D eigenvalue weighted by molar-refractivity contribution is 5.76. The van der Waals surface area contributed by atoms with E-state index in [2.05, 4.69) is 6.07 Å². The van der Waals surface area contributed by atoms with Gasteiger partial charge in [0.2, 0.25) is 0 Å². The van der Waals surface area contributed by atoms with E-state index in [1.165, 1.54) is 0 Å². The lowest BCUT2D eigenvalue weighted by Gasteiger charge is -2.40. The smallest absolute Gasteiger partial charge is 0.391 e. The van der Waals surface area contributed by atoms with Crippen LogP contribution < -0.4 is 4.90 Å². The minimum Gasteiger partial charge on any atom is -0.481 e. The van der Waals surface area contributed by atoms with E-state index in [9.17, 15) is 28.3 Å². The van der Waals surface area contributed by atoms with Gasteiger partial charge in [-0.1, -0.05) is 13.8 Å². The Hall–Kier alpha value is -2.83. The molecule has 2 fully saturated rings. The molecule has 0 amide bonds. The van der Waals surface area contributed by atoms with Crippen LogP contribution in [0.2, 0.25) is 0 Å². The number of hydrogen-bond donors (Lipinski definition) is 1. The second-order valence-electron chi connectivity index (χ2n) is 10.7. The number of nitrogens with zero attached hydrogens (tertiary/aromatic N) is 5. The van der Waals surface area contributed by atoms with Crippen molar-refractivity contribution in [3.05, 3.63) is 22.5 Å². The van der Waals surface area contributed by atoms with Crippen LogP contribution in [0.25, 0.3) is 5.65 Å². The summed E-state index contributed by atoms with van der Waals surface area (Å²) in [7, 11) is 0. The van der Waals surface area contributed by atoms with Crippen LogP contribution in [0.5, 0.6) is 0 Å². The molecule has 190 valence electrons. The van der Waals surface area contributed by atoms with E-state index < -0.39 is 23.5 Å². The van der Waals surface area contributed by atoms with Crippen molar-refractivity contribution in [1.82, 2.24) is 14.6 Å². The van der Waals surface area contributed by atoms with Gasteiger partial charge in [0.25, 0.3) is 0 Å². The minimum atomic E-state index is -4.20. The second-order valence-corrected chi connectivity index (χ2v) is 10.7. The summed E-state index contributed by atoms with van der Waals surface area (Å²) < 4.78 is 41.2. The van der Waals surface area contributed by atoms with Crippen molar-refractivity contribution in [3.8, 4) is 6.07 Å². The number of piperidine rings is 1. The van der Waals surface area contributed by atoms with Gasteiger partial charge in [-0.05, 0) is 58.3 Å². The monoisotopic (exact) mass is 491 g/mol. The highest BCUT2D eigenvalue weighted by Gasteiger charge is 2.43. The minimum absolute atomic E-state index is 0.0204. The van der Waals surface area contributed by atoms with Gasteiger partial charge in [0.15, 0.2) is 5.65 Å². The van der Waals surface area contributed by atoms with Crippen LogP contribution in [0, 0.1) is 29.6 Å². The Labute approximate surface area is 202 Å². The average Bonchev–Trinajstić information content (AvgIpc) is 3.15. The summed E-state index contributed by atoms with van der Waals surface area (Å²) >= 11 is 0. The van der Waals surface area contributed by atoms with Gasteiger partial charge in [-0.2, -0.15) is 28.0 Å². The third-order valence-electron chi connectivity index (χ3n) is 7.77. The lowest BCUT2D eigenvalue weighted by molar-refractivity contribution is -0.182. The zero-order chi connectivity index (χ0) is 25.7. The fourth-order valence-electron chi connectivity index (χ4n) is 5.83. The van der Waals surface area contributed by atoms with E-state index in [1.54, 1.807) is 11.4 Å². The number of anilines is 1. The van der Waals surface area contributed by atoms with Gasteiger partial charge in [0.1, 0.15) is 17.5 Å². The molecule has 4 rings (SSSR count). The lowest BCUT2D eigenvalue weighted by Crippen LogP contribution is -2.47. The number of fused-ring (bicyclic) bond motifs is 1. The molecule has 1 aliphatic carbocycles. The van der Waals surface area contributed by atoms with E-state index in [-0.39, 0.29) is 24.7 Å². The van der Waals surface area contributed by atoms with Crippen molar-refractivity contribution in [2.24, 2.45) is 11.3 Å². The van der Waals surface area contributed by atoms with Crippen molar-refractivity contribution in [2.75, 3.05) is 18.0 Å². The maximum absolute atomic E-state index is 13.2. The van der Waals surface area contributed by atoms with Crippen LogP contribution in [0.1, 0.15) is 93.6 Å². The molecule has 0 aromatic carbocycles. The van der Waals surface area contributed by atoms with Gasteiger partial charge in [-0.3, -0.25) is 4.79 Å². The molecular formula is C25H32F3N5O2. The number of halogens is 3. The zero-order valence-corrected chi connectivity index (χ0v) is 20.6. The number of aryl methyl sites for hydroxylation is 1. The Morgan fingerprint density at radius 2 is 1.91 bits per heavy atom. The van der Waals surface area contributed by atoms with E-state index in [1.807, 2.05) is 25.7 Å². The molecule has 35 heavy (non-hydrogen) atoms. The van der Waals surface area contributed by atoms with E-state index >= 15 is 0 Å². The number of carboxylic acids is 1. The molecule has 2 aromatic heterocycles. The summed E-state index contributed by atoms with van der Waals surface area (Å²) in [5, 5.41) is 24.7. The Bertz CT molecular complexity index is 1170. The van der Waals surface area contributed by atoms with Gasteiger partial charge in [0.05, 0.1) is 17.0 Å². The maximum Gasteiger partial charge on any atom is 0.391 e. The first-order valence-corrected chi connectivity index (χ1v) is 12.3. The van der Waals surface area contributed by atoms with E-state index in [4.69, 9.17) is 10.1 Å². The Morgan fingerprint density at radius 3 is 2.46 bits per heavy atom. The highest BCUT2D eigenvalue weighted by atomic mass is 19.4. The van der Waals surface area contributed by atoms with Crippen LogP contribution in [0.15, 0.2) is 0 Å². The fourth-order valence-corrected chi connectivity index (χ4v) is 5.83. The Kier molecular flexibility index (Phi) is 6.49. The van der Waals surface area contributed by atoms with Crippen LogP contribution in [-0.2, 0) is 4.79 Å². The van der Waals surface area contributed by atoms with Gasteiger partial charge in [-0.15, -0.1) is 0 Å². The lowest BCUT2D eigenvalue weighted by atomic mass is 9.79. The molecule has 1 aliphatic heterocycles. The maximum atomic E-state index is 13.2. The van der Waals surface area contributed by atoms with Crippen LogP contribution in [-0.4, -0.2) is 44.9 Å². The molecule has 1 saturated carbocycles. The predicted octanol–water partition coefficient (Wildman–Crippen LogP) is 5.56. The molecular weight excluding hydrogens is 459 g/mol. The first kappa shape index (κ1) is 25.3. The van der Waals surface area contributed by atoms with Crippen LogP contribution in [0.3, 0.4) is 0 Å². The van der Waals surface area contributed by atoms with Crippen molar-refractivity contribution in [2.45, 2.75) is 84.2 Å². The average molecular weight is 492 g/mol. The van der Waals surface area contributed by atoms with E-state index in [0.717, 1.165) is 17.1 Å². The first-order valence-electron chi connectivity index (χ1n) is 12.3. The molecule has 10 heteroatoms. The molecule has 2 aromatic rings. The highest BCUT2D eigenvalue weighted by Crippen LogP contribution is 2.44. The normalized spacial score (nSPS) is 25.7. The molecule has 2 aliphatic rings. The summed E-state index contributed by atoms with van der Waals surface area (Å²) in [6, 6.07) is 2.22. The number of aromatic nitrogens is 3. The zero-order valence-electron chi connectivity index (χ0n) is 20.6. The molecule has 1 saturated heterocycles. The molecule has 1 N–H and O–H groups in total. The number of rotatable bonds is 4. The number of hydrogen-bond acceptors (Lipinski definition) is 5. The van der Waals surface area contributed by atoms with Gasteiger partial charge in [0, 0.05) is 30.3 Å². The topological polar surface area (TPSA) is 94.5 Å². The van der Waals surface area contributed by atoms with Gasteiger partial charge < -0.3 is 10.0 Å². The summed E-state index contributed by atoms with van der Waals surface area (Å²) in [5.74, 6) is -1.60. The number of alkyl halides is 3. The first-order chi connectivity index (χ1) is 16.4. The van der Waals surface area contributed by atoms with Crippen molar-refractivity contribution >= 4 is 17.4 Å². The van der Waals surface area contributed by atoms with Gasteiger partial charge in [-0.25, -0.2) is 4.98 Å². The molecule has 7 nitrogen and oxygen atoms in total. The molecule has 0 spiro atoms. The molecule has 3 heterocycles. The number of carbonyl (C=O) groups is 1. The van der Waals surface area contributed by atoms with Crippen LogP contribution in [0.4, 0.5) is 19.0 Å². The number of nitriles is 1. The molecule has 0 bridgehead atoms. The fraction of sp³-hybridized carbons (Fsp3) is 0.680.